The summed E-state index contributed by atoms with van der Waals surface area (Å²) in [6, 6.07) is 4.05. The topological polar surface area (TPSA) is 52.9 Å². The summed E-state index contributed by atoms with van der Waals surface area (Å²) in [5, 5.41) is 11.1. The van der Waals surface area contributed by atoms with Crippen LogP contribution in [0.5, 0.6) is 0 Å². The van der Waals surface area contributed by atoms with Crippen LogP contribution in [0.4, 0.5) is 10.1 Å². The highest BCUT2D eigenvalue weighted by atomic mass is 79.9. The Labute approximate surface area is 105 Å². The summed E-state index contributed by atoms with van der Waals surface area (Å²) < 4.78 is 13.2. The lowest BCUT2D eigenvalue weighted by Crippen LogP contribution is -2.19. The molecular formula is C10H7BrClFN2O. The molecule has 1 unspecified atom stereocenters. The van der Waals surface area contributed by atoms with E-state index < -0.39 is 17.6 Å². The molecule has 1 atom stereocenters. The number of amides is 1. The minimum atomic E-state index is -0.798. The van der Waals surface area contributed by atoms with Crippen LogP contribution in [0.2, 0.25) is 5.02 Å². The fourth-order valence-electron chi connectivity index (χ4n) is 0.952. The van der Waals surface area contributed by atoms with Gasteiger partial charge in [-0.3, -0.25) is 4.79 Å². The van der Waals surface area contributed by atoms with E-state index in [4.69, 9.17) is 16.9 Å². The van der Waals surface area contributed by atoms with Crippen molar-refractivity contribution < 1.29 is 9.18 Å². The van der Waals surface area contributed by atoms with Crippen LogP contribution in [0.3, 0.4) is 0 Å². The summed E-state index contributed by atoms with van der Waals surface area (Å²) in [6.45, 7) is 1.46. The maximum Gasteiger partial charge on any atom is 0.241 e. The molecule has 1 aromatic carbocycles. The van der Waals surface area contributed by atoms with Gasteiger partial charge in [-0.25, -0.2) is 4.39 Å². The van der Waals surface area contributed by atoms with Crippen molar-refractivity contribution in [2.45, 2.75) is 6.92 Å². The van der Waals surface area contributed by atoms with Crippen molar-refractivity contribution in [3.05, 3.63) is 27.4 Å². The SMILES string of the molecule is CC(C#N)C(=O)Nc1c(Cl)cc(F)cc1Br. The first-order chi connectivity index (χ1) is 7.45. The number of benzene rings is 1. The van der Waals surface area contributed by atoms with Crippen LogP contribution in [-0.2, 0) is 4.79 Å². The zero-order valence-electron chi connectivity index (χ0n) is 8.22. The Morgan fingerprint density at radius 2 is 2.31 bits per heavy atom. The zero-order chi connectivity index (χ0) is 12.3. The fourth-order valence-corrected chi connectivity index (χ4v) is 1.85. The first kappa shape index (κ1) is 12.9. The van der Waals surface area contributed by atoms with Gasteiger partial charge in [-0.2, -0.15) is 5.26 Å². The van der Waals surface area contributed by atoms with Crippen LogP contribution in [0, 0.1) is 23.1 Å². The van der Waals surface area contributed by atoms with E-state index in [-0.39, 0.29) is 10.7 Å². The van der Waals surface area contributed by atoms with Gasteiger partial charge in [0.1, 0.15) is 11.7 Å². The standard InChI is InChI=1S/C10H7BrClFN2O/c1-5(4-14)10(16)15-9-7(11)2-6(13)3-8(9)12/h2-3,5H,1H3,(H,15,16). The van der Waals surface area contributed by atoms with Gasteiger partial charge in [-0.15, -0.1) is 0 Å². The van der Waals surface area contributed by atoms with E-state index in [0.29, 0.717) is 4.47 Å². The van der Waals surface area contributed by atoms with Crippen LogP contribution in [0.25, 0.3) is 0 Å². The second-order valence-corrected chi connectivity index (χ2v) is 4.35. The highest BCUT2D eigenvalue weighted by molar-refractivity contribution is 9.10. The molecule has 0 radical (unpaired) electrons. The molecule has 0 aliphatic heterocycles. The number of nitrogens with zero attached hydrogens (tertiary/aromatic N) is 1. The molecule has 0 aromatic heterocycles. The number of hydrogen-bond donors (Lipinski definition) is 1. The van der Waals surface area contributed by atoms with Crippen LogP contribution in [0.1, 0.15) is 6.92 Å². The summed E-state index contributed by atoms with van der Waals surface area (Å²) in [5.41, 5.74) is 0.259. The number of nitriles is 1. The molecule has 16 heavy (non-hydrogen) atoms. The summed E-state index contributed by atoms with van der Waals surface area (Å²) in [6.07, 6.45) is 0. The average Bonchev–Trinajstić information content (AvgIpc) is 2.21. The Kier molecular flexibility index (Phi) is 4.27. The molecule has 0 saturated heterocycles. The van der Waals surface area contributed by atoms with Gasteiger partial charge in [-0.1, -0.05) is 11.6 Å². The van der Waals surface area contributed by atoms with Gasteiger partial charge in [0.2, 0.25) is 5.91 Å². The lowest BCUT2D eigenvalue weighted by atomic mass is 10.2. The van der Waals surface area contributed by atoms with Gasteiger partial charge in [0, 0.05) is 4.47 Å². The van der Waals surface area contributed by atoms with E-state index in [9.17, 15) is 9.18 Å². The van der Waals surface area contributed by atoms with Crippen LogP contribution in [0.15, 0.2) is 16.6 Å². The molecule has 1 aromatic rings. The van der Waals surface area contributed by atoms with Crippen LogP contribution in [-0.4, -0.2) is 5.91 Å². The van der Waals surface area contributed by atoms with Crippen molar-refractivity contribution >= 4 is 39.1 Å². The quantitative estimate of drug-likeness (QED) is 0.911. The number of anilines is 1. The van der Waals surface area contributed by atoms with Crippen molar-refractivity contribution in [1.29, 1.82) is 5.26 Å². The van der Waals surface area contributed by atoms with Crippen molar-refractivity contribution in [3.63, 3.8) is 0 Å². The molecule has 0 aliphatic carbocycles. The smallest absolute Gasteiger partial charge is 0.241 e. The van der Waals surface area contributed by atoms with Gasteiger partial charge in [-0.05, 0) is 35.0 Å². The second-order valence-electron chi connectivity index (χ2n) is 3.08. The van der Waals surface area contributed by atoms with Gasteiger partial charge in [0.15, 0.2) is 0 Å². The number of nitrogens with one attached hydrogen (secondary N) is 1. The van der Waals surface area contributed by atoms with Gasteiger partial charge >= 0.3 is 0 Å². The van der Waals surface area contributed by atoms with E-state index >= 15 is 0 Å². The molecule has 0 aliphatic rings. The Hall–Kier alpha value is -1.12. The fraction of sp³-hybridized carbons (Fsp3) is 0.200. The Morgan fingerprint density at radius 1 is 1.69 bits per heavy atom. The Bertz CT molecular complexity index is 449. The minimum absolute atomic E-state index is 0.0744. The summed E-state index contributed by atoms with van der Waals surface area (Å²) in [7, 11) is 0. The molecule has 0 bridgehead atoms. The first-order valence-electron chi connectivity index (χ1n) is 4.30. The third-order valence-corrected chi connectivity index (χ3v) is 2.77. The number of carbonyl (C=O) groups is 1. The number of rotatable bonds is 2. The normalized spacial score (nSPS) is 11.7. The number of hydrogen-bond acceptors (Lipinski definition) is 2. The maximum atomic E-state index is 12.9. The second kappa shape index (κ2) is 5.28. The van der Waals surface area contributed by atoms with E-state index in [0.717, 1.165) is 6.07 Å². The molecule has 1 amide bonds. The molecule has 0 saturated carbocycles. The maximum absolute atomic E-state index is 12.9. The highest BCUT2D eigenvalue weighted by Crippen LogP contribution is 2.31. The molecule has 0 heterocycles. The van der Waals surface area contributed by atoms with E-state index in [1.807, 2.05) is 0 Å². The van der Waals surface area contributed by atoms with Gasteiger partial charge in [0.05, 0.1) is 16.8 Å². The predicted octanol–water partition coefficient (Wildman–Crippen LogP) is 3.34. The molecule has 0 spiro atoms. The van der Waals surface area contributed by atoms with Crippen molar-refractivity contribution in [3.8, 4) is 6.07 Å². The van der Waals surface area contributed by atoms with Crippen LogP contribution < -0.4 is 5.32 Å². The molecule has 84 valence electrons. The van der Waals surface area contributed by atoms with Crippen molar-refractivity contribution in [2.24, 2.45) is 5.92 Å². The first-order valence-corrected chi connectivity index (χ1v) is 5.48. The van der Waals surface area contributed by atoms with Crippen molar-refractivity contribution in [1.82, 2.24) is 0 Å². The molecular weight excluding hydrogens is 298 g/mol. The predicted molar refractivity (Wildman–Crippen MR) is 62.5 cm³/mol. The molecule has 0 fully saturated rings. The number of halogens is 3. The van der Waals surface area contributed by atoms with E-state index in [2.05, 4.69) is 21.2 Å². The number of carbonyl (C=O) groups excluding carboxylic acids is 1. The third-order valence-electron chi connectivity index (χ3n) is 1.84. The van der Waals surface area contributed by atoms with Gasteiger partial charge < -0.3 is 5.32 Å². The molecule has 1 rings (SSSR count). The van der Waals surface area contributed by atoms with E-state index in [1.54, 1.807) is 6.07 Å². The summed E-state index contributed by atoms with van der Waals surface area (Å²) in [4.78, 5) is 11.4. The lowest BCUT2D eigenvalue weighted by Gasteiger charge is -2.10. The average molecular weight is 306 g/mol. The van der Waals surface area contributed by atoms with Crippen LogP contribution >= 0.6 is 27.5 Å². The lowest BCUT2D eigenvalue weighted by molar-refractivity contribution is -0.117. The molecule has 6 heteroatoms. The largest absolute Gasteiger partial charge is 0.323 e. The monoisotopic (exact) mass is 304 g/mol. The van der Waals surface area contributed by atoms with E-state index in [1.165, 1.54) is 13.0 Å². The summed E-state index contributed by atoms with van der Waals surface area (Å²) >= 11 is 8.83. The molecule has 3 nitrogen and oxygen atoms in total. The Morgan fingerprint density at radius 3 is 2.81 bits per heavy atom. The Balaban J connectivity index is 2.99. The van der Waals surface area contributed by atoms with Crippen molar-refractivity contribution in [2.75, 3.05) is 5.32 Å². The summed E-state index contributed by atoms with van der Waals surface area (Å²) in [5.74, 6) is -1.80. The van der Waals surface area contributed by atoms with Gasteiger partial charge in [0.25, 0.3) is 0 Å². The molecule has 1 N–H and O–H groups in total. The third kappa shape index (κ3) is 2.94. The zero-order valence-corrected chi connectivity index (χ0v) is 10.6. The minimum Gasteiger partial charge on any atom is -0.323 e. The highest BCUT2D eigenvalue weighted by Gasteiger charge is 2.15.